The van der Waals surface area contributed by atoms with Gasteiger partial charge in [0.05, 0.1) is 71.0 Å². The number of aliphatic hydroxyl groups is 3. The SMILES string of the molecule is O=C1C(C[C@@H](O)CN2CCOCC2)C(=O)N(C[C@@H](O)CN2CCOCC2)C(=O)N1C[C@H](O)CN1CCOCC1. The minimum atomic E-state index is -1.29. The van der Waals surface area contributed by atoms with Crippen LogP contribution in [0.2, 0.25) is 0 Å². The Morgan fingerprint density at radius 2 is 0.897 bits per heavy atom. The molecule has 4 heterocycles. The van der Waals surface area contributed by atoms with Gasteiger partial charge in [0.25, 0.3) is 0 Å². The molecule has 0 bridgehead atoms. The van der Waals surface area contributed by atoms with Crippen molar-refractivity contribution >= 4 is 17.8 Å². The summed E-state index contributed by atoms with van der Waals surface area (Å²) < 4.78 is 16.0. The number of amides is 4. The Balaban J connectivity index is 1.43. The van der Waals surface area contributed by atoms with Crippen molar-refractivity contribution in [1.29, 1.82) is 0 Å². The van der Waals surface area contributed by atoms with E-state index in [1.165, 1.54) is 0 Å². The number of urea groups is 1. The number of morpholine rings is 3. The molecule has 0 radical (unpaired) electrons. The first-order valence-corrected chi connectivity index (χ1v) is 13.9. The lowest BCUT2D eigenvalue weighted by Gasteiger charge is -2.40. The van der Waals surface area contributed by atoms with Crippen LogP contribution in [0.3, 0.4) is 0 Å². The van der Waals surface area contributed by atoms with Gasteiger partial charge in [-0.15, -0.1) is 0 Å². The number of hydrogen-bond donors (Lipinski definition) is 3. The lowest BCUT2D eigenvalue weighted by Crippen LogP contribution is -2.63. The lowest BCUT2D eigenvalue weighted by molar-refractivity contribution is -0.153. The first-order valence-electron chi connectivity index (χ1n) is 13.9. The molecule has 4 amide bonds. The van der Waals surface area contributed by atoms with Gasteiger partial charge in [-0.2, -0.15) is 0 Å². The Labute approximate surface area is 228 Å². The quantitative estimate of drug-likeness (QED) is 0.208. The number of aliphatic hydroxyl groups excluding tert-OH is 3. The Kier molecular flexibility index (Phi) is 11.4. The van der Waals surface area contributed by atoms with Crippen LogP contribution in [-0.4, -0.2) is 188 Å². The average Bonchev–Trinajstić information content (AvgIpc) is 2.93. The van der Waals surface area contributed by atoms with E-state index in [2.05, 4.69) is 0 Å². The third-order valence-corrected chi connectivity index (χ3v) is 7.60. The van der Waals surface area contributed by atoms with Crippen molar-refractivity contribution in [3.8, 4) is 0 Å². The molecule has 14 nitrogen and oxygen atoms in total. The Morgan fingerprint density at radius 3 is 1.26 bits per heavy atom. The summed E-state index contributed by atoms with van der Waals surface area (Å²) in [6.07, 6.45) is -3.19. The molecular weight excluding hydrogens is 514 g/mol. The predicted molar refractivity (Wildman–Crippen MR) is 137 cm³/mol. The Hall–Kier alpha value is -1.75. The molecule has 0 aromatic rings. The van der Waals surface area contributed by atoms with Gasteiger partial charge in [0, 0.05) is 58.9 Å². The zero-order chi connectivity index (χ0) is 27.8. The van der Waals surface area contributed by atoms with Gasteiger partial charge in [0.1, 0.15) is 5.92 Å². The van der Waals surface area contributed by atoms with Gasteiger partial charge in [-0.1, -0.05) is 0 Å². The van der Waals surface area contributed by atoms with E-state index in [0.29, 0.717) is 78.9 Å². The molecule has 4 rings (SSSR count). The van der Waals surface area contributed by atoms with Crippen molar-refractivity contribution in [3.05, 3.63) is 0 Å². The van der Waals surface area contributed by atoms with E-state index >= 15 is 0 Å². The molecule has 4 aliphatic rings. The van der Waals surface area contributed by atoms with Crippen molar-refractivity contribution in [1.82, 2.24) is 24.5 Å². The smallest absolute Gasteiger partial charge is 0.333 e. The molecule has 0 aliphatic carbocycles. The molecular formula is C25H43N5O9. The number of imide groups is 2. The van der Waals surface area contributed by atoms with Crippen LogP contribution >= 0.6 is 0 Å². The van der Waals surface area contributed by atoms with E-state index in [-0.39, 0.29) is 39.1 Å². The maximum atomic E-state index is 13.4. The van der Waals surface area contributed by atoms with E-state index in [0.717, 1.165) is 9.80 Å². The summed E-state index contributed by atoms with van der Waals surface area (Å²) >= 11 is 0. The minimum Gasteiger partial charge on any atom is -0.392 e. The summed E-state index contributed by atoms with van der Waals surface area (Å²) in [7, 11) is 0. The highest BCUT2D eigenvalue weighted by atomic mass is 16.5. The maximum Gasteiger partial charge on any atom is 0.333 e. The summed E-state index contributed by atoms with van der Waals surface area (Å²) in [5.41, 5.74) is 0. The van der Waals surface area contributed by atoms with Gasteiger partial charge < -0.3 is 29.5 Å². The molecule has 14 heteroatoms. The van der Waals surface area contributed by atoms with Crippen LogP contribution in [0.4, 0.5) is 4.79 Å². The number of carbonyl (C=O) groups is 3. The topological polar surface area (TPSA) is 156 Å². The summed E-state index contributed by atoms with van der Waals surface area (Å²) in [5, 5.41) is 32.3. The minimum absolute atomic E-state index is 0.158. The highest BCUT2D eigenvalue weighted by Gasteiger charge is 2.47. The van der Waals surface area contributed by atoms with Crippen LogP contribution < -0.4 is 0 Å². The largest absolute Gasteiger partial charge is 0.392 e. The van der Waals surface area contributed by atoms with Crippen molar-refractivity contribution in [2.45, 2.75) is 24.7 Å². The molecule has 4 fully saturated rings. The normalized spacial score (nSPS) is 27.2. The highest BCUT2D eigenvalue weighted by molar-refractivity contribution is 6.16. The molecule has 1 unspecified atom stereocenters. The van der Waals surface area contributed by atoms with Crippen LogP contribution in [-0.2, 0) is 23.8 Å². The molecule has 0 spiro atoms. The van der Waals surface area contributed by atoms with Gasteiger partial charge in [0.2, 0.25) is 11.8 Å². The number of rotatable bonds is 12. The monoisotopic (exact) mass is 557 g/mol. The summed E-state index contributed by atoms with van der Waals surface area (Å²) in [6, 6.07) is -0.856. The van der Waals surface area contributed by atoms with Gasteiger partial charge in [-0.25, -0.2) is 4.79 Å². The van der Waals surface area contributed by atoms with Crippen molar-refractivity contribution in [2.75, 3.05) is 112 Å². The molecule has 222 valence electrons. The first-order chi connectivity index (χ1) is 18.8. The second-order valence-corrected chi connectivity index (χ2v) is 10.7. The van der Waals surface area contributed by atoms with Crippen LogP contribution in [0.25, 0.3) is 0 Å². The standard InChI is InChI=1S/C25H43N5O9/c31-19(14-26-1-7-37-8-2-26)13-22-23(34)29(17-20(32)15-27-3-9-38-10-4-27)25(36)30(24(22)35)18-21(33)16-28-5-11-39-12-6-28/h19-22,31-33H,1-18H2/t19-,20-,21+,22?/m1/s1. The maximum absolute atomic E-state index is 13.4. The van der Waals surface area contributed by atoms with Gasteiger partial charge in [0.15, 0.2) is 0 Å². The second kappa shape index (κ2) is 14.8. The molecule has 4 saturated heterocycles. The molecule has 3 N–H and O–H groups in total. The van der Waals surface area contributed by atoms with E-state index < -0.39 is 42.1 Å². The number of nitrogens with zero attached hydrogens (tertiary/aromatic N) is 5. The van der Waals surface area contributed by atoms with Gasteiger partial charge in [-0.3, -0.25) is 34.1 Å². The summed E-state index contributed by atoms with van der Waals surface area (Å²) in [4.78, 5) is 48.0. The Morgan fingerprint density at radius 1 is 0.564 bits per heavy atom. The number of carbonyl (C=O) groups excluding carboxylic acids is 3. The lowest BCUT2D eigenvalue weighted by atomic mass is 9.95. The van der Waals surface area contributed by atoms with E-state index in [1.54, 1.807) is 0 Å². The summed E-state index contributed by atoms with van der Waals surface area (Å²) in [5.74, 6) is -2.75. The first kappa shape index (κ1) is 30.2. The van der Waals surface area contributed by atoms with Crippen molar-refractivity contribution in [2.24, 2.45) is 5.92 Å². The van der Waals surface area contributed by atoms with E-state index in [4.69, 9.17) is 14.2 Å². The second-order valence-electron chi connectivity index (χ2n) is 10.7. The van der Waals surface area contributed by atoms with Gasteiger partial charge in [-0.05, 0) is 6.42 Å². The van der Waals surface area contributed by atoms with E-state index in [9.17, 15) is 29.7 Å². The number of β-amino-alcohol motifs (C(OH)–C–C–N with tert-alkyl or cyclic N) is 3. The van der Waals surface area contributed by atoms with Crippen LogP contribution in [0.1, 0.15) is 6.42 Å². The number of barbiturate groups is 1. The fourth-order valence-corrected chi connectivity index (χ4v) is 5.48. The summed E-state index contributed by atoms with van der Waals surface area (Å²) in [6.45, 7) is 7.28. The number of ether oxygens (including phenoxy) is 3. The molecule has 0 aromatic heterocycles. The Bertz CT molecular complexity index is 695. The predicted octanol–water partition coefficient (Wildman–Crippen LogP) is -3.14. The fraction of sp³-hybridized carbons (Fsp3) is 0.880. The number of hydrogen-bond acceptors (Lipinski definition) is 12. The average molecular weight is 558 g/mol. The van der Waals surface area contributed by atoms with Crippen LogP contribution in [0.15, 0.2) is 0 Å². The highest BCUT2D eigenvalue weighted by Crippen LogP contribution is 2.24. The third-order valence-electron chi connectivity index (χ3n) is 7.60. The molecule has 0 saturated carbocycles. The van der Waals surface area contributed by atoms with Crippen molar-refractivity contribution < 1.29 is 43.9 Å². The van der Waals surface area contributed by atoms with Crippen LogP contribution in [0.5, 0.6) is 0 Å². The van der Waals surface area contributed by atoms with Crippen LogP contribution in [0, 0.1) is 5.92 Å². The zero-order valence-electron chi connectivity index (χ0n) is 22.6. The molecule has 4 aliphatic heterocycles. The van der Waals surface area contributed by atoms with Crippen molar-refractivity contribution in [3.63, 3.8) is 0 Å². The zero-order valence-corrected chi connectivity index (χ0v) is 22.6. The molecule has 0 aromatic carbocycles. The third kappa shape index (κ3) is 8.62. The molecule has 39 heavy (non-hydrogen) atoms. The molecule has 4 atom stereocenters. The van der Waals surface area contributed by atoms with Gasteiger partial charge >= 0.3 is 6.03 Å². The fourth-order valence-electron chi connectivity index (χ4n) is 5.48. The van der Waals surface area contributed by atoms with E-state index in [1.807, 2.05) is 14.7 Å².